The summed E-state index contributed by atoms with van der Waals surface area (Å²) in [5.41, 5.74) is 4.69. The monoisotopic (exact) mass is 314 g/mol. The average molecular weight is 314 g/mol. The Morgan fingerprint density at radius 3 is 2.09 bits per heavy atom. The predicted octanol–water partition coefficient (Wildman–Crippen LogP) is -1.20. The van der Waals surface area contributed by atoms with Gasteiger partial charge in [-0.15, -0.1) is 0 Å². The summed E-state index contributed by atoms with van der Waals surface area (Å²) in [6.45, 7) is 2.59. The van der Waals surface area contributed by atoms with Crippen LogP contribution in [0.5, 0.6) is 0 Å². The number of halogens is 2. The summed E-state index contributed by atoms with van der Waals surface area (Å²) in [4.78, 5) is 0. The lowest BCUT2D eigenvalue weighted by Crippen LogP contribution is -2.52. The highest BCUT2D eigenvalue weighted by Crippen LogP contribution is 2.27. The van der Waals surface area contributed by atoms with Crippen molar-refractivity contribution < 1.29 is 13.9 Å². The molecule has 0 aliphatic carbocycles. The third kappa shape index (κ3) is 3.41. The minimum atomic E-state index is -1.49. The third-order valence-corrected chi connectivity index (χ3v) is 3.80. The summed E-state index contributed by atoms with van der Waals surface area (Å²) in [5, 5.41) is 20.8. The Kier molecular flexibility index (Phi) is 4.64. The van der Waals surface area contributed by atoms with Crippen molar-refractivity contribution in [1.29, 1.82) is 0 Å². The fraction of sp³-hybridized carbons (Fsp3) is 0.538. The Labute approximate surface area is 127 Å². The first-order valence-corrected chi connectivity index (χ1v) is 7.13. The Morgan fingerprint density at radius 2 is 1.64 bits per heavy atom. The van der Waals surface area contributed by atoms with Crippen LogP contribution in [0.2, 0.25) is 0 Å². The standard InChI is InChI=1S/C13H20F2N6O/c14-10-1-2-11(12(15)3-10)13(22,4-20-8-16-6-18-20)5-21-9-17-7-19-21/h1-3,16-19,22H,4-9H2. The second-order valence-electron chi connectivity index (χ2n) is 5.54. The van der Waals surface area contributed by atoms with Crippen molar-refractivity contribution in [2.24, 2.45) is 0 Å². The molecule has 2 fully saturated rings. The summed E-state index contributed by atoms with van der Waals surface area (Å²) in [6.07, 6.45) is 0. The molecule has 3 rings (SSSR count). The van der Waals surface area contributed by atoms with Crippen molar-refractivity contribution in [1.82, 2.24) is 31.5 Å². The molecular formula is C13H20F2N6O. The van der Waals surface area contributed by atoms with Crippen molar-refractivity contribution in [3.05, 3.63) is 35.4 Å². The second-order valence-corrected chi connectivity index (χ2v) is 5.54. The molecule has 2 aliphatic heterocycles. The molecule has 7 nitrogen and oxygen atoms in total. The van der Waals surface area contributed by atoms with E-state index in [9.17, 15) is 13.9 Å². The van der Waals surface area contributed by atoms with Gasteiger partial charge in [-0.05, 0) is 6.07 Å². The molecule has 1 aromatic rings. The molecule has 2 aliphatic rings. The lowest BCUT2D eigenvalue weighted by atomic mass is 9.92. The van der Waals surface area contributed by atoms with Gasteiger partial charge in [0.2, 0.25) is 0 Å². The van der Waals surface area contributed by atoms with Gasteiger partial charge in [-0.3, -0.25) is 10.6 Å². The van der Waals surface area contributed by atoms with Crippen molar-refractivity contribution >= 4 is 0 Å². The maximum Gasteiger partial charge on any atom is 0.132 e. The van der Waals surface area contributed by atoms with E-state index < -0.39 is 17.2 Å². The molecule has 2 saturated heterocycles. The summed E-state index contributed by atoms with van der Waals surface area (Å²) in [6, 6.07) is 3.26. The normalized spacial score (nSPS) is 20.9. The molecule has 5 N–H and O–H groups in total. The van der Waals surface area contributed by atoms with Crippen LogP contribution >= 0.6 is 0 Å². The van der Waals surface area contributed by atoms with Crippen LogP contribution in [0, 0.1) is 11.6 Å². The molecule has 0 unspecified atom stereocenters. The van der Waals surface area contributed by atoms with Crippen molar-refractivity contribution in [3.63, 3.8) is 0 Å². The fourth-order valence-electron chi connectivity index (χ4n) is 2.77. The first-order valence-electron chi connectivity index (χ1n) is 7.13. The number of hydrazine groups is 2. The van der Waals surface area contributed by atoms with Gasteiger partial charge < -0.3 is 5.11 Å². The molecule has 0 bridgehead atoms. The quantitative estimate of drug-likeness (QED) is 0.468. The Hall–Kier alpha value is -1.20. The molecule has 22 heavy (non-hydrogen) atoms. The number of hydrogen-bond acceptors (Lipinski definition) is 7. The maximum absolute atomic E-state index is 14.2. The lowest BCUT2D eigenvalue weighted by Gasteiger charge is -2.35. The number of β-amino-alcohol motifs (C(OH)–C–C–N with tert-alkyl or cyclic N) is 1. The summed E-state index contributed by atoms with van der Waals surface area (Å²) < 4.78 is 27.3. The van der Waals surface area contributed by atoms with Gasteiger partial charge in [-0.25, -0.2) is 29.7 Å². The van der Waals surface area contributed by atoms with Crippen LogP contribution in [-0.4, -0.2) is 54.9 Å². The molecule has 0 spiro atoms. The van der Waals surface area contributed by atoms with E-state index >= 15 is 0 Å². The minimum absolute atomic E-state index is 0.0799. The van der Waals surface area contributed by atoms with Crippen LogP contribution in [0.25, 0.3) is 0 Å². The fourth-order valence-corrected chi connectivity index (χ4v) is 2.77. The van der Waals surface area contributed by atoms with Crippen LogP contribution in [0.3, 0.4) is 0 Å². The zero-order valence-corrected chi connectivity index (χ0v) is 12.1. The molecule has 2 heterocycles. The van der Waals surface area contributed by atoms with E-state index in [0.29, 0.717) is 26.7 Å². The molecule has 0 radical (unpaired) electrons. The molecule has 0 saturated carbocycles. The largest absolute Gasteiger partial charge is 0.382 e. The van der Waals surface area contributed by atoms with E-state index in [-0.39, 0.29) is 18.7 Å². The Balaban J connectivity index is 1.85. The highest BCUT2D eigenvalue weighted by atomic mass is 19.1. The SMILES string of the molecule is OC(CN1CNCN1)(CN1CNCN1)c1ccc(F)cc1F. The third-order valence-electron chi connectivity index (χ3n) is 3.80. The topological polar surface area (TPSA) is 74.8 Å². The number of benzene rings is 1. The van der Waals surface area contributed by atoms with Gasteiger partial charge in [-0.1, -0.05) is 6.07 Å². The number of rotatable bonds is 5. The molecule has 0 aromatic heterocycles. The van der Waals surface area contributed by atoms with E-state index in [1.54, 1.807) is 10.0 Å². The van der Waals surface area contributed by atoms with Crippen LogP contribution in [0.1, 0.15) is 5.56 Å². The molecule has 0 atom stereocenters. The molecule has 1 aromatic carbocycles. The summed E-state index contributed by atoms with van der Waals surface area (Å²) in [5.74, 6) is -1.41. The number of nitrogens with one attached hydrogen (secondary N) is 4. The predicted molar refractivity (Wildman–Crippen MR) is 75.7 cm³/mol. The van der Waals surface area contributed by atoms with Crippen LogP contribution < -0.4 is 21.5 Å². The number of nitrogens with zero attached hydrogens (tertiary/aromatic N) is 2. The second kappa shape index (κ2) is 6.50. The van der Waals surface area contributed by atoms with Crippen molar-refractivity contribution in [3.8, 4) is 0 Å². The molecule has 0 amide bonds. The zero-order chi connectivity index (χ0) is 15.6. The summed E-state index contributed by atoms with van der Waals surface area (Å²) >= 11 is 0. The van der Waals surface area contributed by atoms with Gasteiger partial charge in [0, 0.05) is 24.7 Å². The van der Waals surface area contributed by atoms with Gasteiger partial charge in [0.15, 0.2) is 0 Å². The van der Waals surface area contributed by atoms with E-state index in [0.717, 1.165) is 12.1 Å². The van der Waals surface area contributed by atoms with E-state index in [4.69, 9.17) is 0 Å². The van der Waals surface area contributed by atoms with Gasteiger partial charge in [0.25, 0.3) is 0 Å². The average Bonchev–Trinajstić information content (AvgIpc) is 3.12. The van der Waals surface area contributed by atoms with Gasteiger partial charge in [-0.2, -0.15) is 0 Å². The van der Waals surface area contributed by atoms with Crippen molar-refractivity contribution in [2.45, 2.75) is 5.60 Å². The van der Waals surface area contributed by atoms with Gasteiger partial charge in [0.1, 0.15) is 17.2 Å². The first kappa shape index (κ1) is 15.7. The van der Waals surface area contributed by atoms with Crippen LogP contribution in [0.4, 0.5) is 8.78 Å². The molecule has 122 valence electrons. The molecule has 9 heteroatoms. The molecular weight excluding hydrogens is 294 g/mol. The minimum Gasteiger partial charge on any atom is -0.382 e. The highest BCUT2D eigenvalue weighted by Gasteiger charge is 2.37. The number of hydrogen-bond donors (Lipinski definition) is 5. The van der Waals surface area contributed by atoms with E-state index in [1.807, 2.05) is 0 Å². The Morgan fingerprint density at radius 1 is 1.05 bits per heavy atom. The van der Waals surface area contributed by atoms with Crippen LogP contribution in [0.15, 0.2) is 18.2 Å². The first-order chi connectivity index (χ1) is 10.6. The maximum atomic E-state index is 14.2. The van der Waals surface area contributed by atoms with E-state index in [1.165, 1.54) is 6.07 Å². The Bertz CT molecular complexity index is 501. The smallest absolute Gasteiger partial charge is 0.132 e. The van der Waals surface area contributed by atoms with E-state index in [2.05, 4.69) is 21.5 Å². The highest BCUT2D eigenvalue weighted by molar-refractivity contribution is 5.26. The lowest BCUT2D eigenvalue weighted by molar-refractivity contribution is -0.0414. The van der Waals surface area contributed by atoms with Crippen LogP contribution in [-0.2, 0) is 5.60 Å². The number of aliphatic hydroxyl groups is 1. The van der Waals surface area contributed by atoms with Crippen molar-refractivity contribution in [2.75, 3.05) is 39.8 Å². The van der Waals surface area contributed by atoms with Gasteiger partial charge >= 0.3 is 0 Å². The van der Waals surface area contributed by atoms with Gasteiger partial charge in [0.05, 0.1) is 26.7 Å². The zero-order valence-electron chi connectivity index (χ0n) is 12.1. The summed E-state index contributed by atoms with van der Waals surface area (Å²) in [7, 11) is 0.